The Morgan fingerprint density at radius 1 is 0.978 bits per heavy atom. The lowest BCUT2D eigenvalue weighted by molar-refractivity contribution is -0.274. The van der Waals surface area contributed by atoms with Crippen LogP contribution in [0.5, 0.6) is 5.75 Å². The van der Waals surface area contributed by atoms with Gasteiger partial charge in [0.25, 0.3) is 5.91 Å². The summed E-state index contributed by atoms with van der Waals surface area (Å²) >= 11 is 12.4. The molecule has 2 aliphatic rings. The van der Waals surface area contributed by atoms with E-state index >= 15 is 0 Å². The molecule has 0 aromatic heterocycles. The quantitative estimate of drug-likeness (QED) is 0.323. The van der Waals surface area contributed by atoms with Crippen LogP contribution in [0.2, 0.25) is 10.0 Å². The zero-order valence-electron chi connectivity index (χ0n) is 24.8. The number of carbonyl (C=O) groups excluding carboxylic acids is 3. The summed E-state index contributed by atoms with van der Waals surface area (Å²) in [5, 5.41) is 6.69. The molecule has 45 heavy (non-hydrogen) atoms. The molecule has 14 heteroatoms. The second-order valence-corrected chi connectivity index (χ2v) is 12.3. The van der Waals surface area contributed by atoms with Crippen LogP contribution in [0.15, 0.2) is 42.5 Å². The molecule has 0 bridgehead atoms. The van der Waals surface area contributed by atoms with E-state index < -0.39 is 18.2 Å². The van der Waals surface area contributed by atoms with Gasteiger partial charge in [-0.2, -0.15) is 0 Å². The minimum atomic E-state index is -4.81. The van der Waals surface area contributed by atoms with E-state index in [1.807, 2.05) is 0 Å². The summed E-state index contributed by atoms with van der Waals surface area (Å²) in [6, 6.07) is 9.02. The lowest BCUT2D eigenvalue weighted by Crippen LogP contribution is -2.63. The van der Waals surface area contributed by atoms with Crippen molar-refractivity contribution in [3.05, 3.63) is 63.6 Å². The first-order valence-corrected chi connectivity index (χ1v) is 15.8. The molecule has 1 heterocycles. The highest BCUT2D eigenvalue weighted by Gasteiger charge is 2.41. The number of alkyl halides is 3. The predicted octanol–water partition coefficient (Wildman–Crippen LogP) is 4.55. The summed E-state index contributed by atoms with van der Waals surface area (Å²) in [5.41, 5.74) is 6.16. The van der Waals surface area contributed by atoms with E-state index in [0.29, 0.717) is 48.3 Å². The van der Waals surface area contributed by atoms with Crippen LogP contribution < -0.4 is 21.1 Å². The summed E-state index contributed by atoms with van der Waals surface area (Å²) in [6.07, 6.45) is 0.294. The fourth-order valence-electron chi connectivity index (χ4n) is 6.10. The molecule has 1 atom stereocenters. The first-order chi connectivity index (χ1) is 21.4. The smallest absolute Gasteiger partial charge is 0.406 e. The average Bonchev–Trinajstić information content (AvgIpc) is 3.00. The Hall–Kier alpha value is -3.06. The number of halogens is 5. The van der Waals surface area contributed by atoms with E-state index in [9.17, 15) is 27.6 Å². The largest absolute Gasteiger partial charge is 0.573 e. The maximum atomic E-state index is 13.7. The van der Waals surface area contributed by atoms with Crippen molar-refractivity contribution < 1.29 is 32.3 Å². The molecule has 0 radical (unpaired) electrons. The monoisotopic (exact) mass is 671 g/mol. The molecule has 3 amide bonds. The molecule has 1 aliphatic carbocycles. The number of carbonyl (C=O) groups is 3. The van der Waals surface area contributed by atoms with Crippen molar-refractivity contribution >= 4 is 40.9 Å². The average molecular weight is 673 g/mol. The van der Waals surface area contributed by atoms with Gasteiger partial charge in [0.05, 0.1) is 0 Å². The molecule has 9 nitrogen and oxygen atoms in total. The van der Waals surface area contributed by atoms with Gasteiger partial charge in [0.2, 0.25) is 11.8 Å². The van der Waals surface area contributed by atoms with E-state index in [1.54, 1.807) is 23.1 Å². The Labute approximate surface area is 270 Å². The van der Waals surface area contributed by atoms with Gasteiger partial charge in [-0.1, -0.05) is 48.5 Å². The van der Waals surface area contributed by atoms with Crippen molar-refractivity contribution in [1.82, 2.24) is 20.4 Å². The Morgan fingerprint density at radius 2 is 1.64 bits per heavy atom. The minimum Gasteiger partial charge on any atom is -0.406 e. The van der Waals surface area contributed by atoms with Crippen molar-refractivity contribution in [2.45, 2.75) is 62.9 Å². The molecular weight excluding hydrogens is 634 g/mol. The van der Waals surface area contributed by atoms with Crippen molar-refractivity contribution in [3.63, 3.8) is 0 Å². The van der Waals surface area contributed by atoms with Crippen molar-refractivity contribution in [2.24, 2.45) is 5.73 Å². The van der Waals surface area contributed by atoms with Crippen LogP contribution in [0.3, 0.4) is 0 Å². The van der Waals surface area contributed by atoms with Gasteiger partial charge in [-0.05, 0) is 54.8 Å². The molecule has 2 fully saturated rings. The highest BCUT2D eigenvalue weighted by atomic mass is 35.5. The Morgan fingerprint density at radius 3 is 2.24 bits per heavy atom. The summed E-state index contributed by atoms with van der Waals surface area (Å²) in [5.74, 6) is -1.31. The van der Waals surface area contributed by atoms with Gasteiger partial charge in [0.1, 0.15) is 11.8 Å². The number of nitrogens with zero attached hydrogens (tertiary/aromatic N) is 2. The zero-order chi connectivity index (χ0) is 32.6. The first kappa shape index (κ1) is 34.8. The SMILES string of the molecule is NCCC(=O)N[C@H](Cc1ccc(Cl)cc1Cl)C(=O)N1CCN(C2(CNC(=O)c3ccc(OC(F)(F)F)cc3)CCCCC2)CC1. The van der Waals surface area contributed by atoms with Gasteiger partial charge in [-0.15, -0.1) is 13.2 Å². The molecule has 2 aromatic rings. The number of ether oxygens (including phenoxy) is 1. The van der Waals surface area contributed by atoms with Crippen molar-refractivity contribution in [2.75, 3.05) is 39.3 Å². The molecule has 246 valence electrons. The normalized spacial score (nSPS) is 17.8. The van der Waals surface area contributed by atoms with E-state index in [2.05, 4.69) is 20.3 Å². The second-order valence-electron chi connectivity index (χ2n) is 11.5. The van der Waals surface area contributed by atoms with Crippen LogP contribution in [0.1, 0.15) is 54.4 Å². The van der Waals surface area contributed by atoms with Crippen molar-refractivity contribution in [3.8, 4) is 5.75 Å². The fraction of sp³-hybridized carbons (Fsp3) is 0.516. The van der Waals surface area contributed by atoms with Gasteiger partial charge in [0, 0.05) is 73.3 Å². The van der Waals surface area contributed by atoms with Crippen LogP contribution >= 0.6 is 23.2 Å². The summed E-state index contributed by atoms with van der Waals surface area (Å²) < 4.78 is 41.4. The first-order valence-electron chi connectivity index (χ1n) is 15.0. The molecule has 1 saturated carbocycles. The van der Waals surface area contributed by atoms with E-state index in [4.69, 9.17) is 28.9 Å². The van der Waals surface area contributed by atoms with Crippen molar-refractivity contribution in [1.29, 1.82) is 0 Å². The van der Waals surface area contributed by atoms with Crippen LogP contribution in [-0.4, -0.2) is 84.7 Å². The summed E-state index contributed by atoms with van der Waals surface area (Å²) in [4.78, 5) is 43.2. The number of benzene rings is 2. The highest BCUT2D eigenvalue weighted by molar-refractivity contribution is 6.35. The minimum absolute atomic E-state index is 0.0889. The number of rotatable bonds is 11. The van der Waals surface area contributed by atoms with Crippen LogP contribution in [0.4, 0.5) is 13.2 Å². The summed E-state index contributed by atoms with van der Waals surface area (Å²) in [6.45, 7) is 2.56. The number of hydrogen-bond acceptors (Lipinski definition) is 6. The Balaban J connectivity index is 1.40. The molecule has 2 aromatic carbocycles. The van der Waals surface area contributed by atoms with Gasteiger partial charge in [0.15, 0.2) is 0 Å². The van der Waals surface area contributed by atoms with Crippen LogP contribution in [-0.2, 0) is 16.0 Å². The fourth-order valence-corrected chi connectivity index (χ4v) is 6.58. The topological polar surface area (TPSA) is 117 Å². The lowest BCUT2D eigenvalue weighted by Gasteiger charge is -2.50. The second kappa shape index (κ2) is 15.5. The maximum absolute atomic E-state index is 13.7. The number of hydrogen-bond donors (Lipinski definition) is 3. The molecule has 4 rings (SSSR count). The predicted molar refractivity (Wildman–Crippen MR) is 165 cm³/mol. The van der Waals surface area contributed by atoms with Crippen LogP contribution in [0.25, 0.3) is 0 Å². The number of nitrogens with one attached hydrogen (secondary N) is 2. The number of amides is 3. The molecule has 0 unspecified atom stereocenters. The zero-order valence-corrected chi connectivity index (χ0v) is 26.3. The van der Waals surface area contributed by atoms with E-state index in [0.717, 1.165) is 44.2 Å². The third-order valence-electron chi connectivity index (χ3n) is 8.42. The molecule has 1 aliphatic heterocycles. The molecule has 1 saturated heterocycles. The van der Waals surface area contributed by atoms with E-state index in [-0.39, 0.29) is 48.2 Å². The third kappa shape index (κ3) is 9.71. The molecular formula is C31H38Cl2F3N5O4. The number of piperazine rings is 1. The van der Waals surface area contributed by atoms with Gasteiger partial charge in [-0.25, -0.2) is 0 Å². The third-order valence-corrected chi connectivity index (χ3v) is 9.01. The van der Waals surface area contributed by atoms with Gasteiger partial charge in [-0.3, -0.25) is 19.3 Å². The van der Waals surface area contributed by atoms with E-state index in [1.165, 1.54) is 12.1 Å². The van der Waals surface area contributed by atoms with Crippen LogP contribution in [0, 0.1) is 0 Å². The van der Waals surface area contributed by atoms with Gasteiger partial charge < -0.3 is 26.0 Å². The maximum Gasteiger partial charge on any atom is 0.573 e. The lowest BCUT2D eigenvalue weighted by atomic mass is 9.79. The molecule has 0 spiro atoms. The Bertz CT molecular complexity index is 1330. The standard InChI is InChI=1S/C31H38Cl2F3N5O4/c32-23-7-4-22(25(33)19-23)18-26(39-27(42)10-13-37)29(44)40-14-16-41(17-15-40)30(11-2-1-3-12-30)20-38-28(43)21-5-8-24(9-6-21)45-31(34,35)36/h4-9,19,26H,1-3,10-18,20,37H2,(H,38,43)(H,39,42)/t26-/m1/s1. The summed E-state index contributed by atoms with van der Waals surface area (Å²) in [7, 11) is 0. The highest BCUT2D eigenvalue weighted by Crippen LogP contribution is 2.34. The Kier molecular flexibility index (Phi) is 12.0. The molecule has 4 N–H and O–H groups in total. The number of nitrogens with two attached hydrogens (primary N) is 1. The van der Waals surface area contributed by atoms with Gasteiger partial charge >= 0.3 is 6.36 Å².